The molecule has 0 amide bonds. The van der Waals surface area contributed by atoms with Crippen LogP contribution in [-0.4, -0.2) is 0 Å². The lowest BCUT2D eigenvalue weighted by Crippen LogP contribution is -2.31. The van der Waals surface area contributed by atoms with Gasteiger partial charge in [-0.25, -0.2) is 17.6 Å². The third-order valence-electron chi connectivity index (χ3n) is 5.49. The predicted octanol–water partition coefficient (Wildman–Crippen LogP) is 5.86. The molecule has 3 rings (SSSR count). The van der Waals surface area contributed by atoms with Crippen molar-refractivity contribution < 1.29 is 17.6 Å². The van der Waals surface area contributed by atoms with Crippen molar-refractivity contribution in [3.8, 4) is 0 Å². The highest BCUT2D eigenvalue weighted by molar-refractivity contribution is 5.54. The quantitative estimate of drug-likeness (QED) is 0.482. The lowest BCUT2D eigenvalue weighted by atomic mass is 9.74. The number of allylic oxidation sites excluding steroid dienone is 1. The fourth-order valence-electron chi connectivity index (χ4n) is 4.17. The molecule has 1 saturated carbocycles. The van der Waals surface area contributed by atoms with Crippen LogP contribution in [0.4, 0.5) is 17.6 Å². The second-order valence-corrected chi connectivity index (χ2v) is 6.68. The topological polar surface area (TPSA) is 0 Å². The van der Waals surface area contributed by atoms with Gasteiger partial charge in [0.2, 0.25) is 0 Å². The molecule has 0 N–H and O–H groups in total. The third-order valence-corrected chi connectivity index (χ3v) is 5.49. The number of rotatable bonds is 3. The molecule has 1 aromatic rings. The van der Waals surface area contributed by atoms with Gasteiger partial charge in [-0.15, -0.1) is 6.58 Å². The van der Waals surface area contributed by atoms with Crippen molar-refractivity contribution in [2.45, 2.75) is 38.0 Å². The van der Waals surface area contributed by atoms with Crippen molar-refractivity contribution in [1.29, 1.82) is 0 Å². The van der Waals surface area contributed by atoms with Crippen molar-refractivity contribution in [3.05, 3.63) is 53.6 Å². The summed E-state index contributed by atoms with van der Waals surface area (Å²) in [6, 6.07) is 1.32. The van der Waals surface area contributed by atoms with Crippen LogP contribution in [-0.2, 0) is 12.3 Å². The molecule has 0 heterocycles. The molecule has 0 nitrogen and oxygen atoms in total. The van der Waals surface area contributed by atoms with Gasteiger partial charge in [0.25, 0.3) is 5.92 Å². The first kappa shape index (κ1) is 16.3. The fourth-order valence-corrected chi connectivity index (χ4v) is 4.17. The van der Waals surface area contributed by atoms with Crippen molar-refractivity contribution >= 4 is 6.08 Å². The molecule has 1 atom stereocenters. The van der Waals surface area contributed by atoms with Crippen molar-refractivity contribution in [2.75, 3.05) is 0 Å². The van der Waals surface area contributed by atoms with E-state index < -0.39 is 29.0 Å². The molecule has 0 bridgehead atoms. The first-order valence-electron chi connectivity index (χ1n) is 8.04. The highest BCUT2D eigenvalue weighted by Crippen LogP contribution is 2.53. The van der Waals surface area contributed by atoms with Crippen LogP contribution in [0.25, 0.3) is 6.08 Å². The molecule has 1 unspecified atom stereocenters. The van der Waals surface area contributed by atoms with E-state index in [2.05, 4.69) is 13.2 Å². The number of hydrogen-bond donors (Lipinski definition) is 0. The van der Waals surface area contributed by atoms with Crippen LogP contribution in [0.2, 0.25) is 0 Å². The largest absolute Gasteiger partial charge is 0.279 e. The number of hydrogen-bond acceptors (Lipinski definition) is 0. The first-order chi connectivity index (χ1) is 10.9. The summed E-state index contributed by atoms with van der Waals surface area (Å²) in [5.74, 6) is -6.68. The van der Waals surface area contributed by atoms with E-state index in [1.54, 1.807) is 0 Å². The molecule has 1 fully saturated rings. The fraction of sp³-hybridized carbons (Fsp3) is 0.474. The Morgan fingerprint density at radius 2 is 1.70 bits per heavy atom. The van der Waals surface area contributed by atoms with Crippen molar-refractivity contribution in [1.82, 2.24) is 0 Å². The average molecular weight is 324 g/mol. The summed E-state index contributed by atoms with van der Waals surface area (Å²) in [5, 5.41) is 0. The molecule has 1 aromatic carbocycles. The third kappa shape index (κ3) is 2.52. The van der Waals surface area contributed by atoms with E-state index >= 15 is 0 Å². The Bertz CT molecular complexity index is 639. The molecule has 2 aliphatic rings. The van der Waals surface area contributed by atoms with E-state index in [1.165, 1.54) is 12.1 Å². The van der Waals surface area contributed by atoms with Crippen LogP contribution in [0.5, 0.6) is 0 Å². The second kappa shape index (κ2) is 5.81. The minimum atomic E-state index is -3.31. The van der Waals surface area contributed by atoms with Crippen LogP contribution >= 0.6 is 0 Å². The number of benzene rings is 1. The molecule has 0 spiro atoms. The minimum Gasteiger partial charge on any atom is -0.203 e. The van der Waals surface area contributed by atoms with Crippen molar-refractivity contribution in [3.63, 3.8) is 0 Å². The van der Waals surface area contributed by atoms with Crippen LogP contribution in [0.1, 0.15) is 42.4 Å². The lowest BCUT2D eigenvalue weighted by molar-refractivity contribution is -0.0834. The summed E-state index contributed by atoms with van der Waals surface area (Å²) in [7, 11) is 0. The molecule has 2 aliphatic carbocycles. The van der Waals surface area contributed by atoms with Gasteiger partial charge in [0.15, 0.2) is 11.6 Å². The Morgan fingerprint density at radius 1 is 1.04 bits per heavy atom. The van der Waals surface area contributed by atoms with Crippen LogP contribution in [0.15, 0.2) is 25.3 Å². The molecule has 124 valence electrons. The number of fused-ring (bicyclic) bond motifs is 1. The van der Waals surface area contributed by atoms with Gasteiger partial charge >= 0.3 is 0 Å². The van der Waals surface area contributed by atoms with Gasteiger partial charge in [-0.1, -0.05) is 18.7 Å². The summed E-state index contributed by atoms with van der Waals surface area (Å²) < 4.78 is 57.6. The smallest absolute Gasteiger partial charge is 0.203 e. The molecule has 4 heteroatoms. The van der Waals surface area contributed by atoms with E-state index in [0.717, 1.165) is 12.8 Å². The zero-order chi connectivity index (χ0) is 16.8. The van der Waals surface area contributed by atoms with Crippen LogP contribution in [0.3, 0.4) is 0 Å². The van der Waals surface area contributed by atoms with Gasteiger partial charge in [-0.3, -0.25) is 0 Å². The summed E-state index contributed by atoms with van der Waals surface area (Å²) in [6.45, 7) is 7.18. The van der Waals surface area contributed by atoms with E-state index in [9.17, 15) is 17.6 Å². The summed E-state index contributed by atoms with van der Waals surface area (Å²) in [5.41, 5.74) is -0.566. The zero-order valence-electron chi connectivity index (χ0n) is 12.9. The Kier molecular flexibility index (Phi) is 4.11. The number of halogens is 4. The predicted molar refractivity (Wildman–Crippen MR) is 83.2 cm³/mol. The molecular formula is C19H20F4. The van der Waals surface area contributed by atoms with Gasteiger partial charge < -0.3 is 0 Å². The highest BCUT2D eigenvalue weighted by Gasteiger charge is 2.54. The maximum Gasteiger partial charge on any atom is 0.279 e. The molecule has 0 saturated heterocycles. The average Bonchev–Trinajstić information content (AvgIpc) is 2.81. The molecular weight excluding hydrogens is 304 g/mol. The molecule has 0 aromatic heterocycles. The van der Waals surface area contributed by atoms with E-state index in [0.29, 0.717) is 18.8 Å². The number of alkyl halides is 2. The van der Waals surface area contributed by atoms with E-state index in [4.69, 9.17) is 0 Å². The second-order valence-electron chi connectivity index (χ2n) is 6.68. The van der Waals surface area contributed by atoms with E-state index in [1.807, 2.05) is 6.08 Å². The normalized spacial score (nSPS) is 29.1. The monoisotopic (exact) mass is 324 g/mol. The maximum atomic E-state index is 14.8. The molecule has 23 heavy (non-hydrogen) atoms. The molecule has 0 aliphatic heterocycles. The minimum absolute atomic E-state index is 0.0481. The van der Waals surface area contributed by atoms with Gasteiger partial charge in [-0.2, -0.15) is 0 Å². The Hall–Kier alpha value is -1.58. The summed E-state index contributed by atoms with van der Waals surface area (Å²) in [4.78, 5) is 0. The zero-order valence-corrected chi connectivity index (χ0v) is 12.9. The van der Waals surface area contributed by atoms with Crippen LogP contribution in [0, 0.1) is 29.4 Å². The Morgan fingerprint density at radius 3 is 2.26 bits per heavy atom. The van der Waals surface area contributed by atoms with Gasteiger partial charge in [0.1, 0.15) is 0 Å². The highest BCUT2D eigenvalue weighted by atomic mass is 19.3. The standard InChI is InChI=1S/C19H20F4/c1-3-11-5-7-13(8-6-11)15-10-14-9-12(4-2)17(20)18(21)16(14)19(15,22)23/h3-4,9,11,13,15H,1-2,5-8,10H2. The van der Waals surface area contributed by atoms with Gasteiger partial charge in [-0.05, 0) is 55.6 Å². The lowest BCUT2D eigenvalue weighted by Gasteiger charge is -2.34. The summed E-state index contributed by atoms with van der Waals surface area (Å²) >= 11 is 0. The summed E-state index contributed by atoms with van der Waals surface area (Å²) in [6.07, 6.45) is 6.19. The Labute approximate surface area is 133 Å². The maximum absolute atomic E-state index is 14.8. The van der Waals surface area contributed by atoms with Gasteiger partial charge in [0, 0.05) is 11.5 Å². The molecule has 0 radical (unpaired) electrons. The first-order valence-corrected chi connectivity index (χ1v) is 8.04. The Balaban J connectivity index is 1.93. The SMILES string of the molecule is C=Cc1cc2c(c(F)c1F)C(F)(F)C(C1CCC(C=C)CC1)C2. The van der Waals surface area contributed by atoms with E-state index in [-0.39, 0.29) is 23.5 Å². The van der Waals surface area contributed by atoms with Gasteiger partial charge in [0.05, 0.1) is 5.56 Å². The van der Waals surface area contributed by atoms with Crippen molar-refractivity contribution in [2.24, 2.45) is 17.8 Å². The van der Waals surface area contributed by atoms with Crippen LogP contribution < -0.4 is 0 Å².